The molecular formula is C13H19NO4. The lowest BCUT2D eigenvalue weighted by molar-refractivity contribution is -0.163. The molecule has 1 rings (SSSR count). The van der Waals surface area contributed by atoms with Gasteiger partial charge in [-0.1, -0.05) is 12.8 Å². The summed E-state index contributed by atoms with van der Waals surface area (Å²) in [6.45, 7) is 0. The monoisotopic (exact) mass is 253 g/mol. The van der Waals surface area contributed by atoms with Crippen molar-refractivity contribution >= 4 is 11.9 Å². The average Bonchev–Trinajstić information content (AvgIpc) is 2.37. The van der Waals surface area contributed by atoms with E-state index in [-0.39, 0.29) is 12.3 Å². The molecule has 0 spiro atoms. The van der Waals surface area contributed by atoms with Gasteiger partial charge in [-0.25, -0.2) is 0 Å². The topological polar surface area (TPSA) is 87.4 Å². The minimum Gasteiger partial charge on any atom is -0.481 e. The van der Waals surface area contributed by atoms with Crippen molar-refractivity contribution in [3.8, 4) is 6.07 Å². The van der Waals surface area contributed by atoms with E-state index in [1.807, 2.05) is 6.07 Å². The minimum atomic E-state index is -1.04. The number of carbonyl (C=O) groups excluding carboxylic acids is 1. The molecule has 1 N–H and O–H groups in total. The lowest BCUT2D eigenvalue weighted by Gasteiger charge is -2.40. The lowest BCUT2D eigenvalue weighted by Crippen LogP contribution is -2.43. The van der Waals surface area contributed by atoms with Gasteiger partial charge >= 0.3 is 11.9 Å². The van der Waals surface area contributed by atoms with Crippen molar-refractivity contribution in [3.63, 3.8) is 0 Å². The number of nitrogens with zero attached hydrogens (tertiary/aromatic N) is 1. The molecule has 0 aromatic heterocycles. The molecule has 0 radical (unpaired) electrons. The first kappa shape index (κ1) is 14.5. The van der Waals surface area contributed by atoms with E-state index >= 15 is 0 Å². The number of ether oxygens (including phenoxy) is 1. The van der Waals surface area contributed by atoms with Gasteiger partial charge in [0.1, 0.15) is 0 Å². The average molecular weight is 253 g/mol. The summed E-state index contributed by atoms with van der Waals surface area (Å²) in [5, 5.41) is 18.2. The van der Waals surface area contributed by atoms with Crippen LogP contribution in [0.1, 0.15) is 44.9 Å². The number of hydrogen-bond donors (Lipinski definition) is 1. The van der Waals surface area contributed by atoms with Crippen LogP contribution in [-0.4, -0.2) is 24.2 Å². The van der Waals surface area contributed by atoms with Gasteiger partial charge in [-0.2, -0.15) is 5.26 Å². The molecule has 1 aliphatic rings. The summed E-state index contributed by atoms with van der Waals surface area (Å²) in [6.07, 6.45) is 3.83. The van der Waals surface area contributed by atoms with Gasteiger partial charge in [-0.15, -0.1) is 0 Å². The van der Waals surface area contributed by atoms with Gasteiger partial charge in [0.25, 0.3) is 0 Å². The summed E-state index contributed by atoms with van der Waals surface area (Å²) in [7, 11) is 1.27. The smallest absolute Gasteiger partial charge is 0.310 e. The van der Waals surface area contributed by atoms with Crippen LogP contribution in [0.4, 0.5) is 0 Å². The largest absolute Gasteiger partial charge is 0.481 e. The van der Waals surface area contributed by atoms with Gasteiger partial charge in [0.2, 0.25) is 0 Å². The van der Waals surface area contributed by atoms with Crippen molar-refractivity contribution in [2.24, 2.45) is 11.3 Å². The number of nitriles is 1. The van der Waals surface area contributed by atoms with Crippen LogP contribution in [0.15, 0.2) is 0 Å². The molecule has 5 nitrogen and oxygen atoms in total. The molecule has 100 valence electrons. The zero-order chi connectivity index (χ0) is 13.6. The van der Waals surface area contributed by atoms with Crippen LogP contribution in [0.5, 0.6) is 0 Å². The predicted molar refractivity (Wildman–Crippen MR) is 63.5 cm³/mol. The molecule has 5 heteroatoms. The molecule has 1 saturated carbocycles. The van der Waals surface area contributed by atoms with E-state index in [9.17, 15) is 14.7 Å². The van der Waals surface area contributed by atoms with Crippen molar-refractivity contribution in [2.75, 3.05) is 7.11 Å². The predicted octanol–water partition coefficient (Wildman–Crippen LogP) is 2.11. The van der Waals surface area contributed by atoms with Crippen molar-refractivity contribution in [1.82, 2.24) is 0 Å². The Morgan fingerprint density at radius 3 is 2.78 bits per heavy atom. The molecule has 0 bridgehead atoms. The maximum absolute atomic E-state index is 11.6. The summed E-state index contributed by atoms with van der Waals surface area (Å²) in [6, 6.07) is 2.05. The SMILES string of the molecule is COC(=O)C[C@]1(C(=O)O)CCCC[C@@H]1CCC#N. The molecule has 0 aromatic rings. The zero-order valence-electron chi connectivity index (χ0n) is 10.6. The first-order chi connectivity index (χ1) is 8.56. The summed E-state index contributed by atoms with van der Waals surface area (Å²) >= 11 is 0. The van der Waals surface area contributed by atoms with E-state index in [1.165, 1.54) is 7.11 Å². The number of hydrogen-bond acceptors (Lipinski definition) is 4. The van der Waals surface area contributed by atoms with E-state index in [2.05, 4.69) is 4.74 Å². The number of rotatable bonds is 5. The third-order valence-corrected chi connectivity index (χ3v) is 3.92. The van der Waals surface area contributed by atoms with Gasteiger partial charge < -0.3 is 9.84 Å². The number of methoxy groups -OCH3 is 1. The maximum atomic E-state index is 11.6. The van der Waals surface area contributed by atoms with Crippen molar-refractivity contribution in [1.29, 1.82) is 5.26 Å². The fourth-order valence-corrected chi connectivity index (χ4v) is 2.89. The van der Waals surface area contributed by atoms with Crippen LogP contribution in [0.2, 0.25) is 0 Å². The second-order valence-corrected chi connectivity index (χ2v) is 4.85. The van der Waals surface area contributed by atoms with E-state index < -0.39 is 17.4 Å². The highest BCUT2D eigenvalue weighted by molar-refractivity contribution is 5.82. The first-order valence-electron chi connectivity index (χ1n) is 6.24. The summed E-state index contributed by atoms with van der Waals surface area (Å²) < 4.78 is 4.61. The van der Waals surface area contributed by atoms with Crippen LogP contribution in [0.3, 0.4) is 0 Å². The molecule has 0 aliphatic heterocycles. The van der Waals surface area contributed by atoms with Gasteiger partial charge in [-0.05, 0) is 25.2 Å². The fraction of sp³-hybridized carbons (Fsp3) is 0.769. The fourth-order valence-electron chi connectivity index (χ4n) is 2.89. The molecule has 0 saturated heterocycles. The molecule has 0 unspecified atom stereocenters. The summed E-state index contributed by atoms with van der Waals surface area (Å²) in [5.41, 5.74) is -1.04. The van der Waals surface area contributed by atoms with E-state index in [0.717, 1.165) is 19.3 Å². The van der Waals surface area contributed by atoms with E-state index in [4.69, 9.17) is 5.26 Å². The van der Waals surface area contributed by atoms with Gasteiger partial charge in [0.15, 0.2) is 0 Å². The number of carboxylic acids is 1. The lowest BCUT2D eigenvalue weighted by atomic mass is 9.63. The van der Waals surface area contributed by atoms with Gasteiger partial charge in [-0.3, -0.25) is 9.59 Å². The molecule has 0 heterocycles. The van der Waals surface area contributed by atoms with Gasteiger partial charge in [0.05, 0.1) is 25.0 Å². The Labute approximate surface area is 107 Å². The number of aliphatic carboxylic acids is 1. The van der Waals surface area contributed by atoms with Gasteiger partial charge in [0, 0.05) is 6.42 Å². The number of carboxylic acid groups (broad SMARTS) is 1. The second kappa shape index (κ2) is 6.39. The Balaban J connectivity index is 2.92. The Hall–Kier alpha value is -1.57. The molecule has 1 fully saturated rings. The second-order valence-electron chi connectivity index (χ2n) is 4.85. The third kappa shape index (κ3) is 3.00. The Morgan fingerprint density at radius 1 is 1.50 bits per heavy atom. The molecule has 1 aliphatic carbocycles. The number of esters is 1. The van der Waals surface area contributed by atoms with Crippen LogP contribution in [-0.2, 0) is 14.3 Å². The summed E-state index contributed by atoms with van der Waals surface area (Å²) in [5.74, 6) is -1.53. The highest BCUT2D eigenvalue weighted by atomic mass is 16.5. The zero-order valence-corrected chi connectivity index (χ0v) is 10.6. The highest BCUT2D eigenvalue weighted by Crippen LogP contribution is 2.46. The third-order valence-electron chi connectivity index (χ3n) is 3.92. The van der Waals surface area contributed by atoms with Crippen LogP contribution >= 0.6 is 0 Å². The Morgan fingerprint density at radius 2 is 2.22 bits per heavy atom. The molecule has 0 aromatic carbocycles. The van der Waals surface area contributed by atoms with Crippen molar-refractivity contribution in [2.45, 2.75) is 44.9 Å². The van der Waals surface area contributed by atoms with E-state index in [1.54, 1.807) is 0 Å². The summed E-state index contributed by atoms with van der Waals surface area (Å²) in [4.78, 5) is 23.1. The maximum Gasteiger partial charge on any atom is 0.310 e. The normalized spacial score (nSPS) is 27.2. The highest BCUT2D eigenvalue weighted by Gasteiger charge is 2.48. The first-order valence-corrected chi connectivity index (χ1v) is 6.24. The van der Waals surface area contributed by atoms with Crippen LogP contribution < -0.4 is 0 Å². The molecule has 18 heavy (non-hydrogen) atoms. The quantitative estimate of drug-likeness (QED) is 0.758. The number of carbonyl (C=O) groups is 2. The van der Waals surface area contributed by atoms with Crippen molar-refractivity contribution in [3.05, 3.63) is 0 Å². The molecule has 0 amide bonds. The van der Waals surface area contributed by atoms with Crippen LogP contribution in [0, 0.1) is 22.7 Å². The van der Waals surface area contributed by atoms with Crippen molar-refractivity contribution < 1.29 is 19.4 Å². The van der Waals surface area contributed by atoms with E-state index in [0.29, 0.717) is 19.3 Å². The Bertz CT molecular complexity index is 360. The minimum absolute atomic E-state index is 0.0884. The molecule has 2 atom stereocenters. The molecular weight excluding hydrogens is 234 g/mol. The Kier molecular flexibility index (Phi) is 5.14. The van der Waals surface area contributed by atoms with Crippen LogP contribution in [0.25, 0.3) is 0 Å². The standard InChI is InChI=1S/C13H19NO4/c1-18-11(15)9-13(12(16)17)7-3-2-5-10(13)6-4-8-14/h10H,2-7,9H2,1H3,(H,16,17)/t10-,13-/m1/s1.